The van der Waals surface area contributed by atoms with E-state index in [9.17, 15) is 4.79 Å². The Bertz CT molecular complexity index is 1270. The summed E-state index contributed by atoms with van der Waals surface area (Å²) in [6.07, 6.45) is 1.91. The van der Waals surface area contributed by atoms with Gasteiger partial charge in [-0.2, -0.15) is 0 Å². The number of para-hydroxylation sites is 1. The lowest BCUT2D eigenvalue weighted by molar-refractivity contribution is 0.0512. The maximum atomic E-state index is 12.5. The maximum Gasteiger partial charge on any atom is 0.338 e. The highest BCUT2D eigenvalue weighted by molar-refractivity contribution is 9.09. The summed E-state index contributed by atoms with van der Waals surface area (Å²) in [6, 6.07) is 17.9. The normalized spacial score (nSPS) is 21.2. The fraction of sp³-hybridized carbons (Fsp3) is 0.308. The fourth-order valence-electron chi connectivity index (χ4n) is 4.78. The number of rotatable bonds is 3. The molecular formula is C26H25BrN2O3. The number of anilines is 1. The van der Waals surface area contributed by atoms with Gasteiger partial charge in [0.1, 0.15) is 18.0 Å². The van der Waals surface area contributed by atoms with Crippen LogP contribution in [0.3, 0.4) is 0 Å². The first kappa shape index (κ1) is 21.0. The van der Waals surface area contributed by atoms with E-state index in [-0.39, 0.29) is 16.2 Å². The number of halogens is 1. The van der Waals surface area contributed by atoms with Crippen molar-refractivity contribution in [3.8, 4) is 5.75 Å². The van der Waals surface area contributed by atoms with Crippen LogP contribution in [0.25, 0.3) is 10.8 Å². The van der Waals surface area contributed by atoms with Crippen molar-refractivity contribution >= 4 is 50.3 Å². The minimum atomic E-state index is -0.736. The van der Waals surface area contributed by atoms with E-state index in [4.69, 9.17) is 14.5 Å². The van der Waals surface area contributed by atoms with E-state index in [0.717, 1.165) is 22.1 Å². The lowest BCUT2D eigenvalue weighted by atomic mass is 9.77. The van der Waals surface area contributed by atoms with Crippen molar-refractivity contribution in [2.75, 3.05) is 18.6 Å². The SMILES string of the molecule is CC(Br)COC(=O)c1ccc2ccc3c(c2c1)N=CC1(O3)N(C)c2ccccc2C1(C)C. The maximum absolute atomic E-state index is 12.5. The van der Waals surface area contributed by atoms with E-state index in [1.54, 1.807) is 6.07 Å². The number of likely N-dealkylation sites (N-methyl/N-ethyl adjacent to an activating group) is 1. The van der Waals surface area contributed by atoms with Gasteiger partial charge in [0.15, 0.2) is 0 Å². The standard InChI is InChI=1S/C26H25BrN2O3/c1-16(27)14-31-24(30)18-10-9-17-11-12-22-23(19(17)13-18)28-15-26(32-22)25(2,3)20-7-5-6-8-21(20)29(26)4/h5-13,15-16H,14H2,1-4H3. The van der Waals surface area contributed by atoms with Crippen LogP contribution in [0.1, 0.15) is 36.7 Å². The third kappa shape index (κ3) is 2.96. The quantitative estimate of drug-likeness (QED) is 0.332. The van der Waals surface area contributed by atoms with Crippen LogP contribution in [0.15, 0.2) is 59.6 Å². The van der Waals surface area contributed by atoms with Gasteiger partial charge in [-0.25, -0.2) is 4.79 Å². The van der Waals surface area contributed by atoms with Crippen LogP contribution < -0.4 is 9.64 Å². The molecule has 0 bridgehead atoms. The number of alkyl halides is 1. The van der Waals surface area contributed by atoms with Crippen LogP contribution in [0, 0.1) is 0 Å². The smallest absolute Gasteiger partial charge is 0.338 e. The summed E-state index contributed by atoms with van der Waals surface area (Å²) in [6.45, 7) is 6.63. The Morgan fingerprint density at radius 1 is 1.19 bits per heavy atom. The molecule has 1 spiro atoms. The number of hydrogen-bond acceptors (Lipinski definition) is 5. The molecule has 5 nitrogen and oxygen atoms in total. The zero-order valence-corrected chi connectivity index (χ0v) is 20.1. The molecule has 32 heavy (non-hydrogen) atoms. The number of carbonyl (C=O) groups excluding carboxylic acids is 1. The molecule has 0 N–H and O–H groups in total. The minimum absolute atomic E-state index is 0.102. The van der Waals surface area contributed by atoms with Crippen molar-refractivity contribution in [1.82, 2.24) is 0 Å². The van der Waals surface area contributed by atoms with Gasteiger partial charge >= 0.3 is 5.97 Å². The van der Waals surface area contributed by atoms with Gasteiger partial charge < -0.3 is 14.4 Å². The topological polar surface area (TPSA) is 51.1 Å². The lowest BCUT2D eigenvalue weighted by Crippen LogP contribution is -2.61. The second-order valence-corrected chi connectivity index (χ2v) is 10.5. The highest BCUT2D eigenvalue weighted by Gasteiger charge is 2.58. The number of hydrogen-bond donors (Lipinski definition) is 0. The monoisotopic (exact) mass is 492 g/mol. The number of fused-ring (bicyclic) bond motifs is 4. The molecule has 2 atom stereocenters. The van der Waals surface area contributed by atoms with Gasteiger partial charge in [-0.15, -0.1) is 0 Å². The molecule has 5 rings (SSSR count). The molecule has 0 aliphatic carbocycles. The van der Waals surface area contributed by atoms with Crippen LogP contribution >= 0.6 is 15.9 Å². The van der Waals surface area contributed by atoms with Crippen LogP contribution in [0.5, 0.6) is 5.75 Å². The Balaban J connectivity index is 1.57. The minimum Gasteiger partial charge on any atom is -0.461 e. The molecule has 3 aromatic rings. The van der Waals surface area contributed by atoms with Crippen LogP contribution in [0.4, 0.5) is 11.4 Å². The third-order valence-corrected chi connectivity index (χ3v) is 6.87. The Labute approximate surface area is 196 Å². The van der Waals surface area contributed by atoms with Gasteiger partial charge in [-0.1, -0.05) is 46.3 Å². The van der Waals surface area contributed by atoms with E-state index in [0.29, 0.717) is 17.9 Å². The van der Waals surface area contributed by atoms with Gasteiger partial charge in [-0.05, 0) is 56.0 Å². The van der Waals surface area contributed by atoms with Gasteiger partial charge in [0.25, 0.3) is 0 Å². The predicted octanol–water partition coefficient (Wildman–Crippen LogP) is 6.00. The van der Waals surface area contributed by atoms with E-state index >= 15 is 0 Å². The summed E-state index contributed by atoms with van der Waals surface area (Å²) < 4.78 is 12.1. The molecule has 2 heterocycles. The number of esters is 1. The highest BCUT2D eigenvalue weighted by atomic mass is 79.9. The molecular weight excluding hydrogens is 468 g/mol. The first-order chi connectivity index (χ1) is 15.2. The Morgan fingerprint density at radius 2 is 1.94 bits per heavy atom. The van der Waals surface area contributed by atoms with Crippen LogP contribution in [0.2, 0.25) is 0 Å². The Morgan fingerprint density at radius 3 is 2.69 bits per heavy atom. The second-order valence-electron chi connectivity index (χ2n) is 8.99. The van der Waals surface area contributed by atoms with Gasteiger partial charge in [0.05, 0.1) is 17.2 Å². The average Bonchev–Trinajstić information content (AvgIpc) is 2.95. The summed E-state index contributed by atoms with van der Waals surface area (Å²) in [5.74, 6) is 0.354. The summed E-state index contributed by atoms with van der Waals surface area (Å²) in [4.78, 5) is 19.7. The molecule has 0 saturated heterocycles. The number of nitrogens with zero attached hydrogens (tertiary/aromatic N) is 2. The first-order valence-corrected chi connectivity index (χ1v) is 11.6. The van der Waals surface area contributed by atoms with Crippen molar-refractivity contribution in [2.24, 2.45) is 4.99 Å². The summed E-state index contributed by atoms with van der Waals surface area (Å²) >= 11 is 3.40. The van der Waals surface area contributed by atoms with Crippen LogP contribution in [-0.4, -0.2) is 36.4 Å². The molecule has 2 aliphatic heterocycles. The molecule has 6 heteroatoms. The molecule has 164 valence electrons. The average molecular weight is 493 g/mol. The summed E-state index contributed by atoms with van der Waals surface area (Å²) in [5, 5.41) is 1.86. The highest BCUT2D eigenvalue weighted by Crippen LogP contribution is 2.54. The molecule has 0 amide bonds. The van der Waals surface area contributed by atoms with E-state index in [1.165, 1.54) is 5.56 Å². The summed E-state index contributed by atoms with van der Waals surface area (Å²) in [7, 11) is 2.05. The predicted molar refractivity (Wildman–Crippen MR) is 132 cm³/mol. The molecule has 0 saturated carbocycles. The zero-order valence-electron chi connectivity index (χ0n) is 18.6. The molecule has 0 aromatic heterocycles. The number of aliphatic imine (C=N–C) groups is 1. The number of carbonyl (C=O) groups is 1. The van der Waals surface area contributed by atoms with Gasteiger partial charge in [0, 0.05) is 22.9 Å². The molecule has 3 aromatic carbocycles. The van der Waals surface area contributed by atoms with Crippen molar-refractivity contribution in [1.29, 1.82) is 0 Å². The first-order valence-electron chi connectivity index (χ1n) is 10.7. The fourth-order valence-corrected chi connectivity index (χ4v) is 4.91. The van der Waals surface area contributed by atoms with Crippen molar-refractivity contribution < 1.29 is 14.3 Å². The number of ether oxygens (including phenoxy) is 2. The Kier molecular flexibility index (Phi) is 4.82. The van der Waals surface area contributed by atoms with Gasteiger partial charge in [-0.3, -0.25) is 4.99 Å². The Hall–Kier alpha value is -2.86. The van der Waals surface area contributed by atoms with Gasteiger partial charge in [0.2, 0.25) is 5.72 Å². The van der Waals surface area contributed by atoms with Crippen LogP contribution in [-0.2, 0) is 10.2 Å². The van der Waals surface area contributed by atoms with Crippen molar-refractivity contribution in [2.45, 2.75) is 36.7 Å². The van der Waals surface area contributed by atoms with Crippen molar-refractivity contribution in [3.05, 3.63) is 65.7 Å². The van der Waals surface area contributed by atoms with E-state index < -0.39 is 5.72 Å². The molecule has 2 unspecified atom stereocenters. The summed E-state index contributed by atoms with van der Waals surface area (Å²) in [5.41, 5.74) is 2.55. The molecule has 0 radical (unpaired) electrons. The lowest BCUT2D eigenvalue weighted by Gasteiger charge is -2.45. The van der Waals surface area contributed by atoms with E-state index in [1.807, 2.05) is 50.5 Å². The number of benzene rings is 3. The van der Waals surface area contributed by atoms with Crippen molar-refractivity contribution in [3.63, 3.8) is 0 Å². The largest absolute Gasteiger partial charge is 0.461 e. The zero-order chi connectivity index (χ0) is 22.7. The third-order valence-electron chi connectivity index (χ3n) is 6.60. The molecule has 2 aliphatic rings. The molecule has 0 fully saturated rings. The second kappa shape index (κ2) is 7.34. The van der Waals surface area contributed by atoms with E-state index in [2.05, 4.69) is 52.9 Å².